The fourth-order valence-corrected chi connectivity index (χ4v) is 4.35. The van der Waals surface area contributed by atoms with Crippen molar-refractivity contribution in [1.29, 1.82) is 0 Å². The zero-order valence-electron chi connectivity index (χ0n) is 20.6. The number of pyridine rings is 1. The number of nitro groups is 1. The molecule has 1 fully saturated rings. The van der Waals surface area contributed by atoms with E-state index in [4.69, 9.17) is 18.9 Å². The predicted octanol–water partition coefficient (Wildman–Crippen LogP) is 3.91. The van der Waals surface area contributed by atoms with Gasteiger partial charge in [-0.3, -0.25) is 14.8 Å². The SMILES string of the molecule is CCOC(=O)c1cnn(C2COCCOC2)c1-c1ccc(-c2c(C)cc(C)nc2OC)cc1[N+](=O)[O-]. The summed E-state index contributed by atoms with van der Waals surface area (Å²) in [5.74, 6) is -0.243. The second kappa shape index (κ2) is 10.8. The number of carbonyl (C=O) groups excluding carboxylic acids is 1. The number of hydrogen-bond acceptors (Lipinski definition) is 9. The number of nitro benzene ring substituents is 1. The van der Waals surface area contributed by atoms with Gasteiger partial charge in [0.05, 0.1) is 68.6 Å². The molecule has 0 spiro atoms. The minimum absolute atomic E-state index is 0.128. The first-order chi connectivity index (χ1) is 17.3. The highest BCUT2D eigenvalue weighted by Gasteiger charge is 2.30. The summed E-state index contributed by atoms with van der Waals surface area (Å²) in [4.78, 5) is 29.1. The molecule has 3 aromatic rings. The van der Waals surface area contributed by atoms with Crippen molar-refractivity contribution in [2.24, 2.45) is 0 Å². The van der Waals surface area contributed by atoms with E-state index in [0.717, 1.165) is 11.3 Å². The summed E-state index contributed by atoms with van der Waals surface area (Å²) in [6.45, 7) is 7.02. The maximum absolute atomic E-state index is 12.8. The van der Waals surface area contributed by atoms with Crippen molar-refractivity contribution in [2.75, 3.05) is 40.1 Å². The molecule has 1 aliphatic rings. The Kier molecular flexibility index (Phi) is 7.61. The molecule has 1 saturated heterocycles. The number of esters is 1. The number of aromatic nitrogens is 3. The van der Waals surface area contributed by atoms with Crippen molar-refractivity contribution in [2.45, 2.75) is 26.8 Å². The smallest absolute Gasteiger partial charge is 0.341 e. The topological polar surface area (TPSA) is 128 Å². The molecule has 1 aromatic carbocycles. The summed E-state index contributed by atoms with van der Waals surface area (Å²) in [7, 11) is 1.51. The molecule has 0 aliphatic carbocycles. The van der Waals surface area contributed by atoms with E-state index in [1.54, 1.807) is 23.7 Å². The lowest BCUT2D eigenvalue weighted by Crippen LogP contribution is -2.21. The van der Waals surface area contributed by atoms with Crippen LogP contribution in [0.25, 0.3) is 22.4 Å². The number of rotatable bonds is 7. The van der Waals surface area contributed by atoms with Gasteiger partial charge in [0.1, 0.15) is 5.56 Å². The van der Waals surface area contributed by atoms with Crippen LogP contribution in [0.2, 0.25) is 0 Å². The number of nitrogens with zero attached hydrogens (tertiary/aromatic N) is 4. The molecule has 1 aliphatic heterocycles. The average molecular weight is 497 g/mol. The van der Waals surface area contributed by atoms with Crippen LogP contribution in [0.15, 0.2) is 30.5 Å². The van der Waals surface area contributed by atoms with Crippen LogP contribution in [0.5, 0.6) is 5.88 Å². The Hall–Kier alpha value is -3.83. The maximum Gasteiger partial charge on any atom is 0.341 e. The van der Waals surface area contributed by atoms with E-state index in [1.165, 1.54) is 19.4 Å². The third-order valence-corrected chi connectivity index (χ3v) is 5.87. The Morgan fingerprint density at radius 3 is 2.58 bits per heavy atom. The van der Waals surface area contributed by atoms with Crippen LogP contribution in [-0.4, -0.2) is 65.8 Å². The van der Waals surface area contributed by atoms with Crippen LogP contribution in [0.1, 0.15) is 34.6 Å². The van der Waals surface area contributed by atoms with Crippen molar-refractivity contribution in [3.8, 4) is 28.3 Å². The highest BCUT2D eigenvalue weighted by atomic mass is 16.6. The molecule has 36 heavy (non-hydrogen) atoms. The molecule has 0 atom stereocenters. The molecule has 0 N–H and O–H groups in total. The fourth-order valence-electron chi connectivity index (χ4n) is 4.35. The number of aryl methyl sites for hydroxylation is 2. The highest BCUT2D eigenvalue weighted by Crippen LogP contribution is 2.40. The van der Waals surface area contributed by atoms with Gasteiger partial charge < -0.3 is 18.9 Å². The summed E-state index contributed by atoms with van der Waals surface area (Å²) in [5.41, 5.74) is 3.29. The fraction of sp³-hybridized carbons (Fsp3) is 0.400. The molecule has 11 nitrogen and oxygen atoms in total. The first kappa shape index (κ1) is 25.3. The summed E-state index contributed by atoms with van der Waals surface area (Å²) in [6.07, 6.45) is 1.37. The Balaban J connectivity index is 1.92. The number of hydrogen-bond donors (Lipinski definition) is 0. The monoisotopic (exact) mass is 496 g/mol. The van der Waals surface area contributed by atoms with Gasteiger partial charge >= 0.3 is 5.97 Å². The Morgan fingerprint density at radius 2 is 1.94 bits per heavy atom. The maximum atomic E-state index is 12.8. The molecule has 3 heterocycles. The van der Waals surface area contributed by atoms with Gasteiger partial charge in [0.2, 0.25) is 5.88 Å². The van der Waals surface area contributed by atoms with Crippen molar-refractivity contribution >= 4 is 11.7 Å². The molecule has 4 rings (SSSR count). The average Bonchev–Trinajstić information content (AvgIpc) is 3.11. The summed E-state index contributed by atoms with van der Waals surface area (Å²) in [6, 6.07) is 6.33. The molecule has 0 radical (unpaired) electrons. The summed E-state index contributed by atoms with van der Waals surface area (Å²) in [5, 5.41) is 16.7. The zero-order valence-corrected chi connectivity index (χ0v) is 20.6. The lowest BCUT2D eigenvalue weighted by Gasteiger charge is -2.18. The van der Waals surface area contributed by atoms with Crippen LogP contribution in [0.4, 0.5) is 5.69 Å². The standard InChI is InChI=1S/C25H28N4O7/c1-5-36-25(30)20-12-26-28(18-13-34-8-9-35-14-18)23(20)19-7-6-17(11-21(19)29(31)32)22-15(2)10-16(3)27-24(22)33-4/h6-7,10-12,18H,5,8-9,13-14H2,1-4H3. The van der Waals surface area contributed by atoms with Gasteiger partial charge in [-0.1, -0.05) is 6.07 Å². The first-order valence-corrected chi connectivity index (χ1v) is 11.6. The van der Waals surface area contributed by atoms with Gasteiger partial charge in [-0.25, -0.2) is 9.78 Å². The van der Waals surface area contributed by atoms with Crippen molar-refractivity contribution < 1.29 is 28.7 Å². The van der Waals surface area contributed by atoms with Crippen molar-refractivity contribution in [3.05, 3.63) is 57.4 Å². The van der Waals surface area contributed by atoms with Crippen molar-refractivity contribution in [1.82, 2.24) is 14.8 Å². The van der Waals surface area contributed by atoms with Gasteiger partial charge in [0.15, 0.2) is 0 Å². The number of ether oxygens (including phenoxy) is 4. The largest absolute Gasteiger partial charge is 0.481 e. The third kappa shape index (κ3) is 4.93. The van der Waals surface area contributed by atoms with E-state index in [-0.39, 0.29) is 48.4 Å². The van der Waals surface area contributed by atoms with Crippen molar-refractivity contribution in [3.63, 3.8) is 0 Å². The van der Waals surface area contributed by atoms with Gasteiger partial charge in [0, 0.05) is 17.3 Å². The number of methoxy groups -OCH3 is 1. The number of benzene rings is 1. The van der Waals surface area contributed by atoms with E-state index in [2.05, 4.69) is 10.1 Å². The summed E-state index contributed by atoms with van der Waals surface area (Å²) >= 11 is 0. The van der Waals surface area contributed by atoms with Crippen LogP contribution in [0, 0.1) is 24.0 Å². The Morgan fingerprint density at radius 1 is 1.22 bits per heavy atom. The van der Waals surface area contributed by atoms with Crippen LogP contribution in [-0.2, 0) is 14.2 Å². The predicted molar refractivity (Wildman–Crippen MR) is 130 cm³/mol. The quantitative estimate of drug-likeness (QED) is 0.272. The lowest BCUT2D eigenvalue weighted by atomic mass is 9.97. The van der Waals surface area contributed by atoms with E-state index < -0.39 is 10.9 Å². The second-order valence-corrected chi connectivity index (χ2v) is 8.33. The molecular weight excluding hydrogens is 468 g/mol. The highest BCUT2D eigenvalue weighted by molar-refractivity contribution is 5.98. The molecule has 0 amide bonds. The summed E-state index contributed by atoms with van der Waals surface area (Å²) < 4.78 is 23.5. The molecule has 0 saturated carbocycles. The van der Waals surface area contributed by atoms with Crippen LogP contribution in [0.3, 0.4) is 0 Å². The minimum atomic E-state index is -0.618. The van der Waals surface area contributed by atoms with Gasteiger partial charge in [-0.15, -0.1) is 0 Å². The molecular formula is C25H28N4O7. The molecule has 0 unspecified atom stereocenters. The Labute approximate surface area is 208 Å². The zero-order chi connectivity index (χ0) is 25.8. The van der Waals surface area contributed by atoms with E-state index >= 15 is 0 Å². The molecule has 2 aromatic heterocycles. The van der Waals surface area contributed by atoms with Gasteiger partial charge in [-0.05, 0) is 44.0 Å². The first-order valence-electron chi connectivity index (χ1n) is 11.6. The second-order valence-electron chi connectivity index (χ2n) is 8.33. The van der Waals surface area contributed by atoms with Crippen LogP contribution >= 0.6 is 0 Å². The van der Waals surface area contributed by atoms with Gasteiger partial charge in [-0.2, -0.15) is 5.10 Å². The van der Waals surface area contributed by atoms with Crippen LogP contribution < -0.4 is 4.74 Å². The normalized spacial score (nSPS) is 14.3. The Bertz CT molecular complexity index is 1280. The number of carbonyl (C=O) groups is 1. The molecule has 190 valence electrons. The molecule has 0 bridgehead atoms. The minimum Gasteiger partial charge on any atom is -0.481 e. The molecule has 11 heteroatoms. The third-order valence-electron chi connectivity index (χ3n) is 5.87. The van der Waals surface area contributed by atoms with E-state index in [1.807, 2.05) is 19.9 Å². The van der Waals surface area contributed by atoms with Gasteiger partial charge in [0.25, 0.3) is 5.69 Å². The van der Waals surface area contributed by atoms with E-state index in [9.17, 15) is 14.9 Å². The van der Waals surface area contributed by atoms with E-state index in [0.29, 0.717) is 30.2 Å². The lowest BCUT2D eigenvalue weighted by molar-refractivity contribution is -0.384.